The number of nitrogens with two attached hydrogens (primary N) is 1. The first-order valence-electron chi connectivity index (χ1n) is 6.58. The SMILES string of the molecule is CCOc1cc(C=NNC(=O)CSc2nnc(N)s2)ccc1O. The van der Waals surface area contributed by atoms with Crippen LogP contribution in [-0.2, 0) is 4.79 Å². The first-order valence-corrected chi connectivity index (χ1v) is 8.38. The number of ether oxygens (including phenoxy) is 1. The average molecular weight is 353 g/mol. The summed E-state index contributed by atoms with van der Waals surface area (Å²) < 4.78 is 5.90. The summed E-state index contributed by atoms with van der Waals surface area (Å²) in [5.74, 6) is 0.308. The quantitative estimate of drug-likeness (QED) is 0.391. The van der Waals surface area contributed by atoms with Crippen molar-refractivity contribution in [3.05, 3.63) is 23.8 Å². The molecule has 1 heterocycles. The summed E-state index contributed by atoms with van der Waals surface area (Å²) >= 11 is 2.45. The minimum atomic E-state index is -0.274. The van der Waals surface area contributed by atoms with Crippen molar-refractivity contribution in [1.82, 2.24) is 15.6 Å². The molecule has 10 heteroatoms. The van der Waals surface area contributed by atoms with Gasteiger partial charge < -0.3 is 15.6 Å². The van der Waals surface area contributed by atoms with Crippen LogP contribution in [0.25, 0.3) is 0 Å². The van der Waals surface area contributed by atoms with Crippen molar-refractivity contribution < 1.29 is 14.6 Å². The van der Waals surface area contributed by atoms with Crippen LogP contribution in [-0.4, -0.2) is 39.8 Å². The number of anilines is 1. The maximum atomic E-state index is 11.7. The number of hydrogen-bond donors (Lipinski definition) is 3. The lowest BCUT2D eigenvalue weighted by Crippen LogP contribution is -2.19. The fourth-order valence-corrected chi connectivity index (χ4v) is 2.93. The van der Waals surface area contributed by atoms with Crippen LogP contribution in [0.2, 0.25) is 0 Å². The van der Waals surface area contributed by atoms with Gasteiger partial charge in [0.25, 0.3) is 5.91 Å². The molecule has 0 radical (unpaired) electrons. The molecule has 0 saturated heterocycles. The molecule has 0 aliphatic rings. The van der Waals surface area contributed by atoms with Gasteiger partial charge in [0.1, 0.15) is 0 Å². The number of benzene rings is 1. The van der Waals surface area contributed by atoms with Crippen molar-refractivity contribution in [2.24, 2.45) is 5.10 Å². The van der Waals surface area contributed by atoms with Gasteiger partial charge in [0, 0.05) is 0 Å². The third kappa shape index (κ3) is 5.42. The molecular weight excluding hydrogens is 338 g/mol. The number of aromatic hydroxyl groups is 1. The van der Waals surface area contributed by atoms with Crippen LogP contribution >= 0.6 is 23.1 Å². The number of thioether (sulfide) groups is 1. The molecule has 23 heavy (non-hydrogen) atoms. The summed E-state index contributed by atoms with van der Waals surface area (Å²) in [4.78, 5) is 11.7. The van der Waals surface area contributed by atoms with Crippen LogP contribution in [0.4, 0.5) is 5.13 Å². The second-order valence-electron chi connectivity index (χ2n) is 4.15. The van der Waals surface area contributed by atoms with Gasteiger partial charge in [-0.25, -0.2) is 5.43 Å². The van der Waals surface area contributed by atoms with Crippen molar-refractivity contribution in [2.45, 2.75) is 11.3 Å². The molecule has 1 amide bonds. The number of nitrogen functional groups attached to an aromatic ring is 1. The van der Waals surface area contributed by atoms with E-state index in [0.717, 1.165) is 0 Å². The lowest BCUT2D eigenvalue weighted by Gasteiger charge is -2.05. The lowest BCUT2D eigenvalue weighted by molar-refractivity contribution is -0.118. The molecule has 122 valence electrons. The van der Waals surface area contributed by atoms with Gasteiger partial charge in [-0.2, -0.15) is 5.10 Å². The molecular formula is C13H15N5O3S2. The van der Waals surface area contributed by atoms with Gasteiger partial charge >= 0.3 is 0 Å². The number of phenolic OH excluding ortho intramolecular Hbond substituents is 1. The van der Waals surface area contributed by atoms with Gasteiger partial charge in [0.2, 0.25) is 5.13 Å². The molecule has 0 aliphatic carbocycles. The molecule has 0 atom stereocenters. The second-order valence-corrected chi connectivity index (χ2v) is 6.38. The predicted molar refractivity (Wildman–Crippen MR) is 90.1 cm³/mol. The Labute approximate surface area is 140 Å². The first-order chi connectivity index (χ1) is 11.1. The summed E-state index contributed by atoms with van der Waals surface area (Å²) in [5.41, 5.74) is 8.55. The number of hydrazone groups is 1. The van der Waals surface area contributed by atoms with E-state index in [2.05, 4.69) is 20.7 Å². The highest BCUT2D eigenvalue weighted by atomic mass is 32.2. The maximum Gasteiger partial charge on any atom is 0.250 e. The average Bonchev–Trinajstić information content (AvgIpc) is 2.94. The number of phenols is 1. The van der Waals surface area contributed by atoms with E-state index in [1.807, 2.05) is 6.92 Å². The molecule has 0 saturated carbocycles. The van der Waals surface area contributed by atoms with Crippen LogP contribution in [0.1, 0.15) is 12.5 Å². The number of nitrogens with one attached hydrogen (secondary N) is 1. The van der Waals surface area contributed by atoms with Gasteiger partial charge in [-0.15, -0.1) is 10.2 Å². The minimum Gasteiger partial charge on any atom is -0.504 e. The Hall–Kier alpha value is -2.33. The number of carbonyl (C=O) groups excluding carboxylic acids is 1. The number of hydrogen-bond acceptors (Lipinski definition) is 9. The third-order valence-electron chi connectivity index (χ3n) is 2.44. The third-order valence-corrected chi connectivity index (χ3v) is 4.32. The van der Waals surface area contributed by atoms with Crippen molar-refractivity contribution in [1.29, 1.82) is 0 Å². The van der Waals surface area contributed by atoms with Gasteiger partial charge in [-0.05, 0) is 30.7 Å². The predicted octanol–water partition coefficient (Wildman–Crippen LogP) is 1.47. The maximum absolute atomic E-state index is 11.7. The summed E-state index contributed by atoms with van der Waals surface area (Å²) in [6.07, 6.45) is 1.47. The zero-order valence-corrected chi connectivity index (χ0v) is 13.9. The molecule has 0 aliphatic heterocycles. The lowest BCUT2D eigenvalue weighted by atomic mass is 10.2. The van der Waals surface area contributed by atoms with E-state index in [-0.39, 0.29) is 17.4 Å². The molecule has 8 nitrogen and oxygen atoms in total. The number of amides is 1. The highest BCUT2D eigenvalue weighted by Crippen LogP contribution is 2.26. The normalized spacial score (nSPS) is 10.8. The van der Waals surface area contributed by atoms with Crippen molar-refractivity contribution >= 4 is 40.4 Å². The van der Waals surface area contributed by atoms with Crippen LogP contribution in [0.15, 0.2) is 27.6 Å². The monoisotopic (exact) mass is 353 g/mol. The van der Waals surface area contributed by atoms with Gasteiger partial charge in [-0.3, -0.25) is 4.79 Å². The Morgan fingerprint density at radius 1 is 1.57 bits per heavy atom. The fourth-order valence-electron chi connectivity index (χ4n) is 1.50. The highest BCUT2D eigenvalue weighted by molar-refractivity contribution is 8.01. The molecule has 2 aromatic rings. The Bertz CT molecular complexity index is 705. The standard InChI is InChI=1S/C13H15N5O3S2/c1-2-21-10-5-8(3-4-9(10)19)6-15-16-11(20)7-22-13-18-17-12(14)23-13/h3-6,19H,2,7H2,1H3,(H2,14,17)(H,16,20). The van der Waals surface area contributed by atoms with Crippen LogP contribution in [0.3, 0.4) is 0 Å². The largest absolute Gasteiger partial charge is 0.504 e. The van der Waals surface area contributed by atoms with Crippen molar-refractivity contribution in [3.8, 4) is 11.5 Å². The van der Waals surface area contributed by atoms with Gasteiger partial charge in [0.15, 0.2) is 15.8 Å². The molecule has 0 spiro atoms. The topological polar surface area (TPSA) is 123 Å². The second kappa shape index (κ2) is 8.34. The summed E-state index contributed by atoms with van der Waals surface area (Å²) in [5, 5.41) is 21.3. The Morgan fingerprint density at radius 2 is 2.39 bits per heavy atom. The fraction of sp³-hybridized carbons (Fsp3) is 0.231. The molecule has 0 bridgehead atoms. The van der Waals surface area contributed by atoms with Gasteiger partial charge in [-0.1, -0.05) is 23.1 Å². The van der Waals surface area contributed by atoms with Crippen LogP contribution in [0.5, 0.6) is 11.5 Å². The van der Waals surface area contributed by atoms with E-state index >= 15 is 0 Å². The summed E-state index contributed by atoms with van der Waals surface area (Å²) in [6, 6.07) is 4.80. The number of aromatic nitrogens is 2. The van der Waals surface area contributed by atoms with E-state index in [4.69, 9.17) is 10.5 Å². The molecule has 4 N–H and O–H groups in total. The Balaban J connectivity index is 1.83. The van der Waals surface area contributed by atoms with Crippen molar-refractivity contribution in [2.75, 3.05) is 18.1 Å². The van der Waals surface area contributed by atoms with E-state index < -0.39 is 0 Å². The van der Waals surface area contributed by atoms with Crippen LogP contribution in [0, 0.1) is 0 Å². The zero-order valence-electron chi connectivity index (χ0n) is 12.2. The molecule has 0 unspecified atom stereocenters. The van der Waals surface area contributed by atoms with Crippen molar-refractivity contribution in [3.63, 3.8) is 0 Å². The summed E-state index contributed by atoms with van der Waals surface area (Å²) in [6.45, 7) is 2.27. The summed E-state index contributed by atoms with van der Waals surface area (Å²) in [7, 11) is 0. The molecule has 2 rings (SSSR count). The molecule has 0 fully saturated rings. The molecule has 1 aromatic heterocycles. The highest BCUT2D eigenvalue weighted by Gasteiger charge is 2.06. The zero-order chi connectivity index (χ0) is 16.7. The van der Waals surface area contributed by atoms with Gasteiger partial charge in [0.05, 0.1) is 18.6 Å². The van der Waals surface area contributed by atoms with E-state index in [0.29, 0.717) is 27.4 Å². The number of rotatable bonds is 7. The number of nitrogens with zero attached hydrogens (tertiary/aromatic N) is 3. The minimum absolute atomic E-state index is 0.0563. The van der Waals surface area contributed by atoms with E-state index in [1.54, 1.807) is 12.1 Å². The number of carbonyl (C=O) groups is 1. The Morgan fingerprint density at radius 3 is 3.09 bits per heavy atom. The van der Waals surface area contributed by atoms with E-state index in [1.165, 1.54) is 35.4 Å². The Kier molecular flexibility index (Phi) is 6.18. The molecule has 1 aromatic carbocycles. The smallest absolute Gasteiger partial charge is 0.250 e. The first kappa shape index (κ1) is 17.0. The van der Waals surface area contributed by atoms with Crippen LogP contribution < -0.4 is 15.9 Å². The van der Waals surface area contributed by atoms with E-state index in [9.17, 15) is 9.90 Å².